The molecule has 0 aliphatic carbocycles. The zero-order valence-corrected chi connectivity index (χ0v) is 26.2. The average molecular weight is 618 g/mol. The van der Waals surface area contributed by atoms with Crippen LogP contribution in [0.4, 0.5) is 0 Å². The number of hydrogen-bond donors (Lipinski definition) is 0. The molecule has 0 radical (unpaired) electrons. The number of pyridine rings is 1. The monoisotopic (exact) mass is 617 g/mol. The van der Waals surface area contributed by atoms with Gasteiger partial charge in [-0.2, -0.15) is 0 Å². The zero-order chi connectivity index (χ0) is 31.2. The quantitative estimate of drug-likeness (QED) is 0.193. The van der Waals surface area contributed by atoms with Crippen molar-refractivity contribution >= 4 is 42.4 Å². The van der Waals surface area contributed by atoms with Crippen LogP contribution < -0.4 is 0 Å². The number of para-hydroxylation sites is 1. The van der Waals surface area contributed by atoms with Crippen molar-refractivity contribution in [3.05, 3.63) is 164 Å². The molecule has 4 heteroatoms. The van der Waals surface area contributed by atoms with Gasteiger partial charge in [0.15, 0.2) is 5.82 Å². The molecule has 0 amide bonds. The normalized spacial score (nSPS) is 11.4. The largest absolute Gasteiger partial charge is 0.256 e. The van der Waals surface area contributed by atoms with Crippen LogP contribution in [-0.4, -0.2) is 15.0 Å². The Balaban J connectivity index is 1.12. The maximum absolute atomic E-state index is 5.18. The molecule has 6 aromatic carbocycles. The summed E-state index contributed by atoms with van der Waals surface area (Å²) in [7, 11) is 0. The molecule has 47 heavy (non-hydrogen) atoms. The van der Waals surface area contributed by atoms with Crippen LogP contribution in [0.25, 0.3) is 87.2 Å². The lowest BCUT2D eigenvalue weighted by Crippen LogP contribution is -1.95. The number of fused-ring (bicyclic) bond motifs is 4. The molecule has 3 nitrogen and oxygen atoms in total. The van der Waals surface area contributed by atoms with E-state index < -0.39 is 0 Å². The van der Waals surface area contributed by atoms with Crippen molar-refractivity contribution in [3.8, 4) is 56.2 Å². The molecule has 0 spiro atoms. The number of benzene rings is 6. The summed E-state index contributed by atoms with van der Waals surface area (Å²) in [6.07, 6.45) is 1.82. The van der Waals surface area contributed by atoms with Crippen LogP contribution in [0.1, 0.15) is 0 Å². The minimum absolute atomic E-state index is 0.708. The molecule has 9 rings (SSSR count). The number of aromatic nitrogens is 3. The van der Waals surface area contributed by atoms with E-state index in [1.54, 1.807) is 0 Å². The van der Waals surface area contributed by atoms with Gasteiger partial charge in [0.1, 0.15) is 0 Å². The first kappa shape index (κ1) is 27.3. The Bertz CT molecular complexity index is 2570. The number of nitrogens with zero attached hydrogens (tertiary/aromatic N) is 3. The summed E-state index contributed by atoms with van der Waals surface area (Å²) < 4.78 is 2.63. The first-order valence-corrected chi connectivity index (χ1v) is 16.5. The van der Waals surface area contributed by atoms with Crippen molar-refractivity contribution in [2.24, 2.45) is 0 Å². The minimum atomic E-state index is 0.708. The third kappa shape index (κ3) is 4.96. The second kappa shape index (κ2) is 11.4. The van der Waals surface area contributed by atoms with E-state index in [2.05, 4.69) is 132 Å². The minimum Gasteiger partial charge on any atom is -0.256 e. The van der Waals surface area contributed by atoms with E-state index in [9.17, 15) is 0 Å². The van der Waals surface area contributed by atoms with Crippen molar-refractivity contribution in [1.82, 2.24) is 15.0 Å². The third-order valence-electron chi connectivity index (χ3n) is 8.75. The fourth-order valence-corrected chi connectivity index (χ4v) is 7.61. The molecule has 0 bridgehead atoms. The molecule has 0 unspecified atom stereocenters. The second-order valence-electron chi connectivity index (χ2n) is 11.6. The summed E-state index contributed by atoms with van der Waals surface area (Å²) in [6, 6.07) is 55.5. The lowest BCUT2D eigenvalue weighted by molar-refractivity contribution is 1.23. The predicted octanol–water partition coefficient (Wildman–Crippen LogP) is 11.7. The number of hydrogen-bond acceptors (Lipinski definition) is 4. The van der Waals surface area contributed by atoms with Gasteiger partial charge in [-0.1, -0.05) is 115 Å². The lowest BCUT2D eigenvalue weighted by Gasteiger charge is -2.12. The first-order chi connectivity index (χ1) is 23.3. The van der Waals surface area contributed by atoms with Crippen LogP contribution in [0, 0.1) is 0 Å². The van der Waals surface area contributed by atoms with Crippen molar-refractivity contribution in [2.75, 3.05) is 0 Å². The third-order valence-corrected chi connectivity index (χ3v) is 9.89. The van der Waals surface area contributed by atoms with Gasteiger partial charge in [-0.3, -0.25) is 4.98 Å². The van der Waals surface area contributed by atoms with Gasteiger partial charge >= 0.3 is 0 Å². The summed E-state index contributed by atoms with van der Waals surface area (Å²) in [5, 5.41) is 3.66. The number of thiophene rings is 1. The average Bonchev–Trinajstić information content (AvgIpc) is 3.54. The smallest absolute Gasteiger partial charge is 0.160 e. The molecule has 9 aromatic rings. The Morgan fingerprint density at radius 1 is 0.426 bits per heavy atom. The van der Waals surface area contributed by atoms with E-state index in [0.29, 0.717) is 5.82 Å². The summed E-state index contributed by atoms with van der Waals surface area (Å²) in [5.41, 5.74) is 10.7. The molecular formula is C43H27N3S. The van der Waals surface area contributed by atoms with Gasteiger partial charge in [-0.25, -0.2) is 9.97 Å². The zero-order valence-electron chi connectivity index (χ0n) is 25.3. The van der Waals surface area contributed by atoms with E-state index >= 15 is 0 Å². The van der Waals surface area contributed by atoms with Crippen molar-refractivity contribution in [1.29, 1.82) is 0 Å². The maximum atomic E-state index is 5.18. The molecule has 0 aliphatic rings. The molecule has 0 saturated carbocycles. The highest BCUT2D eigenvalue weighted by Gasteiger charge is 2.14. The number of rotatable bonds is 5. The Morgan fingerprint density at radius 3 is 1.91 bits per heavy atom. The molecule has 0 saturated heterocycles. The topological polar surface area (TPSA) is 38.7 Å². The molecule has 0 N–H and O–H groups in total. The van der Waals surface area contributed by atoms with Gasteiger partial charge in [-0.05, 0) is 64.7 Å². The molecule has 220 valence electrons. The maximum Gasteiger partial charge on any atom is 0.160 e. The summed E-state index contributed by atoms with van der Waals surface area (Å²) in [5.74, 6) is 0.708. The van der Waals surface area contributed by atoms with Crippen molar-refractivity contribution < 1.29 is 0 Å². The van der Waals surface area contributed by atoms with Crippen LogP contribution >= 0.6 is 11.3 Å². The molecule has 0 fully saturated rings. The summed E-state index contributed by atoms with van der Waals surface area (Å²) in [6.45, 7) is 0. The first-order valence-electron chi connectivity index (χ1n) is 15.7. The highest BCUT2D eigenvalue weighted by molar-refractivity contribution is 7.25. The molecule has 0 aliphatic heterocycles. The standard InChI is InChI=1S/C43H27N3S/c1-3-18-38-35(14-1)42(29-23-21-28(22-24-29)37-17-5-6-25-44-37)46-43(45-38)33-13-8-11-31(27-33)30-10-7-12-32(26-30)34-16-9-20-40-41(34)36-15-2-4-19-39(36)47-40/h1-27H. The van der Waals surface area contributed by atoms with Crippen LogP contribution in [0.3, 0.4) is 0 Å². The second-order valence-corrected chi connectivity index (χ2v) is 12.7. The van der Waals surface area contributed by atoms with Crippen LogP contribution in [0.5, 0.6) is 0 Å². The Hall–Kier alpha value is -5.97. The predicted molar refractivity (Wildman–Crippen MR) is 197 cm³/mol. The Labute approximate surface area is 276 Å². The Morgan fingerprint density at radius 2 is 1.09 bits per heavy atom. The highest BCUT2D eigenvalue weighted by Crippen LogP contribution is 2.41. The van der Waals surface area contributed by atoms with Gasteiger partial charge in [0.2, 0.25) is 0 Å². The molecule has 3 aromatic heterocycles. The van der Waals surface area contributed by atoms with Crippen LogP contribution in [0.2, 0.25) is 0 Å². The van der Waals surface area contributed by atoms with Gasteiger partial charge in [0.25, 0.3) is 0 Å². The summed E-state index contributed by atoms with van der Waals surface area (Å²) >= 11 is 1.85. The fraction of sp³-hybridized carbons (Fsp3) is 0. The van der Waals surface area contributed by atoms with Gasteiger partial charge in [0.05, 0.1) is 16.9 Å². The fourth-order valence-electron chi connectivity index (χ4n) is 6.48. The van der Waals surface area contributed by atoms with E-state index in [4.69, 9.17) is 9.97 Å². The lowest BCUT2D eigenvalue weighted by atomic mass is 9.95. The van der Waals surface area contributed by atoms with E-state index in [0.717, 1.165) is 50.1 Å². The molecular weight excluding hydrogens is 591 g/mol. The Kier molecular flexibility index (Phi) is 6.65. The SMILES string of the molecule is c1ccc(-c2ccc(-c3nc(-c4cccc(-c5cccc(-c6cccc7sc8ccccc8c67)c5)c4)nc4ccccc34)cc2)nc1. The van der Waals surface area contributed by atoms with Gasteiger partial charge in [-0.15, -0.1) is 11.3 Å². The molecule has 3 heterocycles. The summed E-state index contributed by atoms with van der Waals surface area (Å²) in [4.78, 5) is 14.7. The van der Waals surface area contributed by atoms with Crippen LogP contribution in [0.15, 0.2) is 164 Å². The van der Waals surface area contributed by atoms with Gasteiger partial charge in [0, 0.05) is 48.4 Å². The molecule has 0 atom stereocenters. The van der Waals surface area contributed by atoms with Crippen molar-refractivity contribution in [3.63, 3.8) is 0 Å². The van der Waals surface area contributed by atoms with Crippen LogP contribution in [-0.2, 0) is 0 Å². The highest BCUT2D eigenvalue weighted by atomic mass is 32.1. The van der Waals surface area contributed by atoms with Crippen molar-refractivity contribution in [2.45, 2.75) is 0 Å². The van der Waals surface area contributed by atoms with E-state index in [1.165, 1.54) is 31.3 Å². The van der Waals surface area contributed by atoms with Gasteiger partial charge < -0.3 is 0 Å². The van der Waals surface area contributed by atoms with E-state index in [-0.39, 0.29) is 0 Å². The van der Waals surface area contributed by atoms with E-state index in [1.807, 2.05) is 47.9 Å².